The third-order valence-electron chi connectivity index (χ3n) is 1.80. The van der Waals surface area contributed by atoms with Gasteiger partial charge < -0.3 is 4.90 Å². The quantitative estimate of drug-likeness (QED) is 0.646. The van der Waals surface area contributed by atoms with E-state index in [0.29, 0.717) is 0 Å². The third kappa shape index (κ3) is 2.28. The van der Waals surface area contributed by atoms with Crippen molar-refractivity contribution in [2.24, 2.45) is 0 Å². The van der Waals surface area contributed by atoms with Crippen LogP contribution in [0.2, 0.25) is 0 Å². The summed E-state index contributed by atoms with van der Waals surface area (Å²) in [6.07, 6.45) is 0. The Labute approximate surface area is 78.4 Å². The van der Waals surface area contributed by atoms with Crippen LogP contribution in [0.4, 0.5) is 5.82 Å². The lowest BCUT2D eigenvalue weighted by molar-refractivity contribution is 0.101. The van der Waals surface area contributed by atoms with Crippen LogP contribution in [0.3, 0.4) is 0 Å². The summed E-state index contributed by atoms with van der Waals surface area (Å²) in [4.78, 5) is 17.3. The number of hydrogen-bond acceptors (Lipinski definition) is 3. The lowest BCUT2D eigenvalue weighted by Crippen LogP contribution is -2.12. The molecular formula is C10H14N2O. The maximum Gasteiger partial charge on any atom is 0.160 e. The van der Waals surface area contributed by atoms with Crippen molar-refractivity contribution in [3.8, 4) is 0 Å². The molecule has 0 saturated carbocycles. The van der Waals surface area contributed by atoms with E-state index in [1.807, 2.05) is 25.9 Å². The molecule has 0 atom stereocenters. The van der Waals surface area contributed by atoms with Gasteiger partial charge in [0.05, 0.1) is 0 Å². The SMILES string of the molecule is CC(=O)c1cc(C)nc(N(C)C)c1. The van der Waals surface area contributed by atoms with E-state index in [4.69, 9.17) is 0 Å². The van der Waals surface area contributed by atoms with Gasteiger partial charge >= 0.3 is 0 Å². The minimum Gasteiger partial charge on any atom is -0.363 e. The molecule has 0 spiro atoms. The molecule has 0 aliphatic rings. The van der Waals surface area contributed by atoms with Gasteiger partial charge in [-0.15, -0.1) is 0 Å². The number of ketones is 1. The number of nitrogens with zero attached hydrogens (tertiary/aromatic N) is 2. The van der Waals surface area contributed by atoms with Crippen LogP contribution in [0.15, 0.2) is 12.1 Å². The van der Waals surface area contributed by atoms with Gasteiger partial charge in [0, 0.05) is 25.4 Å². The zero-order valence-electron chi connectivity index (χ0n) is 8.46. The standard InChI is InChI=1S/C10H14N2O/c1-7-5-9(8(2)13)6-10(11-7)12(3)4/h5-6H,1-4H3. The molecule has 0 fully saturated rings. The van der Waals surface area contributed by atoms with Crippen LogP contribution in [0.25, 0.3) is 0 Å². The number of rotatable bonds is 2. The number of pyridine rings is 1. The van der Waals surface area contributed by atoms with Gasteiger partial charge in [-0.3, -0.25) is 4.79 Å². The van der Waals surface area contributed by atoms with Crippen molar-refractivity contribution < 1.29 is 4.79 Å². The summed E-state index contributed by atoms with van der Waals surface area (Å²) >= 11 is 0. The van der Waals surface area contributed by atoms with Crippen molar-refractivity contribution in [3.63, 3.8) is 0 Å². The first-order chi connectivity index (χ1) is 6.00. The summed E-state index contributed by atoms with van der Waals surface area (Å²) in [6.45, 7) is 3.45. The van der Waals surface area contributed by atoms with E-state index in [0.717, 1.165) is 17.1 Å². The molecular weight excluding hydrogens is 164 g/mol. The highest BCUT2D eigenvalue weighted by Gasteiger charge is 2.04. The molecule has 3 nitrogen and oxygen atoms in total. The molecule has 0 aliphatic carbocycles. The summed E-state index contributed by atoms with van der Waals surface area (Å²) in [6, 6.07) is 3.60. The number of carbonyl (C=O) groups excluding carboxylic acids is 1. The summed E-state index contributed by atoms with van der Waals surface area (Å²) in [5.74, 6) is 0.902. The average molecular weight is 178 g/mol. The van der Waals surface area contributed by atoms with E-state index in [1.54, 1.807) is 19.1 Å². The number of aryl methyl sites for hydroxylation is 1. The van der Waals surface area contributed by atoms with Gasteiger partial charge in [0.1, 0.15) is 5.82 Å². The lowest BCUT2D eigenvalue weighted by atomic mass is 10.1. The van der Waals surface area contributed by atoms with Gasteiger partial charge in [0.25, 0.3) is 0 Å². The van der Waals surface area contributed by atoms with Gasteiger partial charge in [0.2, 0.25) is 0 Å². The maximum atomic E-state index is 11.1. The number of hydrogen-bond donors (Lipinski definition) is 0. The average Bonchev–Trinajstić information content (AvgIpc) is 2.03. The van der Waals surface area contributed by atoms with Crippen LogP contribution < -0.4 is 4.90 Å². The minimum absolute atomic E-state index is 0.0774. The monoisotopic (exact) mass is 178 g/mol. The van der Waals surface area contributed by atoms with Crippen LogP contribution in [0.5, 0.6) is 0 Å². The van der Waals surface area contributed by atoms with Crippen molar-refractivity contribution in [3.05, 3.63) is 23.4 Å². The molecule has 1 rings (SSSR count). The second-order valence-electron chi connectivity index (χ2n) is 3.31. The lowest BCUT2D eigenvalue weighted by Gasteiger charge is -2.12. The van der Waals surface area contributed by atoms with Crippen molar-refractivity contribution in [2.75, 3.05) is 19.0 Å². The molecule has 3 heteroatoms. The van der Waals surface area contributed by atoms with Crippen LogP contribution in [-0.2, 0) is 0 Å². The van der Waals surface area contributed by atoms with Crippen LogP contribution in [0.1, 0.15) is 23.0 Å². The molecule has 1 aromatic heterocycles. The molecule has 0 radical (unpaired) electrons. The van der Waals surface area contributed by atoms with Gasteiger partial charge in [-0.25, -0.2) is 4.98 Å². The molecule has 0 aromatic carbocycles. The van der Waals surface area contributed by atoms with Gasteiger partial charge in [-0.2, -0.15) is 0 Å². The molecule has 0 aliphatic heterocycles. The predicted molar refractivity (Wildman–Crippen MR) is 53.3 cm³/mol. The molecule has 13 heavy (non-hydrogen) atoms. The Kier molecular flexibility index (Phi) is 2.66. The van der Waals surface area contributed by atoms with Gasteiger partial charge in [-0.1, -0.05) is 0 Å². The maximum absolute atomic E-state index is 11.1. The third-order valence-corrected chi connectivity index (χ3v) is 1.80. The van der Waals surface area contributed by atoms with E-state index in [9.17, 15) is 4.79 Å². The van der Waals surface area contributed by atoms with E-state index in [1.165, 1.54) is 0 Å². The number of anilines is 1. The highest BCUT2D eigenvalue weighted by Crippen LogP contribution is 2.12. The molecule has 70 valence electrons. The van der Waals surface area contributed by atoms with E-state index in [2.05, 4.69) is 4.98 Å². The molecule has 1 aromatic rings. The van der Waals surface area contributed by atoms with Crippen molar-refractivity contribution in [2.45, 2.75) is 13.8 Å². The van der Waals surface area contributed by atoms with Crippen molar-refractivity contribution >= 4 is 11.6 Å². The number of Topliss-reactive ketones (excluding diaryl/α,β-unsaturated/α-hetero) is 1. The summed E-state index contributed by atoms with van der Waals surface area (Å²) in [5.41, 5.74) is 1.59. The van der Waals surface area contributed by atoms with E-state index < -0.39 is 0 Å². The Morgan fingerprint density at radius 1 is 1.38 bits per heavy atom. The fourth-order valence-corrected chi connectivity index (χ4v) is 1.08. The Bertz CT molecular complexity index is 332. The summed E-state index contributed by atoms with van der Waals surface area (Å²) in [7, 11) is 3.82. The van der Waals surface area contributed by atoms with Crippen molar-refractivity contribution in [1.82, 2.24) is 4.98 Å². The first-order valence-electron chi connectivity index (χ1n) is 4.17. The zero-order chi connectivity index (χ0) is 10.0. The normalized spacial score (nSPS) is 9.85. The summed E-state index contributed by atoms with van der Waals surface area (Å²) < 4.78 is 0. The summed E-state index contributed by atoms with van der Waals surface area (Å²) in [5, 5.41) is 0. The fourth-order valence-electron chi connectivity index (χ4n) is 1.08. The Morgan fingerprint density at radius 2 is 2.00 bits per heavy atom. The fraction of sp³-hybridized carbons (Fsp3) is 0.400. The van der Waals surface area contributed by atoms with Crippen LogP contribution in [-0.4, -0.2) is 24.9 Å². The molecule has 0 saturated heterocycles. The number of carbonyl (C=O) groups is 1. The molecule has 0 amide bonds. The Balaban J connectivity index is 3.19. The van der Waals surface area contributed by atoms with Crippen LogP contribution >= 0.6 is 0 Å². The predicted octanol–water partition coefficient (Wildman–Crippen LogP) is 1.66. The van der Waals surface area contributed by atoms with E-state index in [-0.39, 0.29) is 5.78 Å². The molecule has 0 N–H and O–H groups in total. The first kappa shape index (κ1) is 9.71. The van der Waals surface area contributed by atoms with Crippen LogP contribution in [0, 0.1) is 6.92 Å². The molecule has 1 heterocycles. The Morgan fingerprint density at radius 3 is 2.46 bits per heavy atom. The zero-order valence-corrected chi connectivity index (χ0v) is 8.46. The molecule has 0 unspecified atom stereocenters. The van der Waals surface area contributed by atoms with Crippen molar-refractivity contribution in [1.29, 1.82) is 0 Å². The second-order valence-corrected chi connectivity index (χ2v) is 3.31. The second kappa shape index (κ2) is 3.56. The minimum atomic E-state index is 0.0774. The van der Waals surface area contributed by atoms with Gasteiger partial charge in [0.15, 0.2) is 5.78 Å². The Hall–Kier alpha value is -1.38. The van der Waals surface area contributed by atoms with Gasteiger partial charge in [-0.05, 0) is 26.0 Å². The topological polar surface area (TPSA) is 33.2 Å². The highest BCUT2D eigenvalue weighted by molar-refractivity contribution is 5.94. The number of aromatic nitrogens is 1. The smallest absolute Gasteiger partial charge is 0.160 e. The highest BCUT2D eigenvalue weighted by atomic mass is 16.1. The van der Waals surface area contributed by atoms with E-state index >= 15 is 0 Å². The largest absolute Gasteiger partial charge is 0.363 e. The molecule has 0 bridgehead atoms. The first-order valence-corrected chi connectivity index (χ1v) is 4.17.